The third-order valence-electron chi connectivity index (χ3n) is 4.00. The number of aryl methyl sites for hydroxylation is 1. The molecule has 0 radical (unpaired) electrons. The summed E-state index contributed by atoms with van der Waals surface area (Å²) in [7, 11) is 4.21. The Morgan fingerprint density at radius 1 is 1.35 bits per heavy atom. The number of likely N-dealkylation sites (N-methyl/N-ethyl adjacent to an activating group) is 1. The van der Waals surface area contributed by atoms with Gasteiger partial charge in [0.15, 0.2) is 0 Å². The summed E-state index contributed by atoms with van der Waals surface area (Å²) in [4.78, 5) is 2.24. The summed E-state index contributed by atoms with van der Waals surface area (Å²) in [6.07, 6.45) is 3.91. The Morgan fingerprint density at radius 2 is 2.00 bits per heavy atom. The van der Waals surface area contributed by atoms with E-state index in [0.29, 0.717) is 0 Å². The van der Waals surface area contributed by atoms with Crippen molar-refractivity contribution < 1.29 is 0 Å². The lowest BCUT2D eigenvalue weighted by Gasteiger charge is -2.41. The topological polar surface area (TPSA) is 33.1 Å². The first kappa shape index (κ1) is 17.5. The fourth-order valence-corrected chi connectivity index (χ4v) is 2.53. The average molecular weight is 301 g/mol. The van der Waals surface area contributed by atoms with E-state index in [-0.39, 0.29) is 11.6 Å². The number of rotatable bonds is 8. The second-order valence-electron chi connectivity index (χ2n) is 6.04. The lowest BCUT2D eigenvalue weighted by molar-refractivity contribution is 0.132. The first-order valence-corrected chi connectivity index (χ1v) is 7.86. The van der Waals surface area contributed by atoms with Gasteiger partial charge in [-0.15, -0.1) is 0 Å². The second-order valence-corrected chi connectivity index (χ2v) is 6.44. The van der Waals surface area contributed by atoms with Crippen LogP contribution in [0.2, 0.25) is 5.02 Å². The van der Waals surface area contributed by atoms with Crippen molar-refractivity contribution >= 4 is 11.6 Å². The van der Waals surface area contributed by atoms with E-state index in [9.17, 15) is 0 Å². The third-order valence-corrected chi connectivity index (χ3v) is 4.29. The zero-order valence-electron chi connectivity index (χ0n) is 13.7. The standard InChI is InChI=1S/C15H29ClN4/c1-7-9-17-14(15(3,4)19(5)6)13-12(16)11-18-20(13)10-8-2/h11,14,17H,7-10H2,1-6H3. The van der Waals surface area contributed by atoms with Crippen LogP contribution in [0.1, 0.15) is 52.3 Å². The summed E-state index contributed by atoms with van der Waals surface area (Å²) < 4.78 is 2.04. The van der Waals surface area contributed by atoms with Gasteiger partial charge in [0.05, 0.1) is 23.0 Å². The van der Waals surface area contributed by atoms with Gasteiger partial charge in [0.25, 0.3) is 0 Å². The molecule has 0 saturated heterocycles. The minimum absolute atomic E-state index is 0.0513. The molecule has 0 aliphatic rings. The van der Waals surface area contributed by atoms with Gasteiger partial charge in [-0.05, 0) is 47.3 Å². The maximum atomic E-state index is 6.42. The molecule has 0 fully saturated rings. The van der Waals surface area contributed by atoms with E-state index >= 15 is 0 Å². The van der Waals surface area contributed by atoms with Gasteiger partial charge < -0.3 is 10.2 Å². The van der Waals surface area contributed by atoms with Gasteiger partial charge in [0.1, 0.15) is 0 Å². The lowest BCUT2D eigenvalue weighted by Crippen LogP contribution is -2.50. The third kappa shape index (κ3) is 3.74. The summed E-state index contributed by atoms with van der Waals surface area (Å²) in [6, 6.07) is 0.152. The van der Waals surface area contributed by atoms with Crippen LogP contribution in [-0.2, 0) is 6.54 Å². The molecule has 1 heterocycles. The van der Waals surface area contributed by atoms with E-state index in [1.165, 1.54) is 0 Å². The molecule has 0 aromatic carbocycles. The maximum absolute atomic E-state index is 6.42. The van der Waals surface area contributed by atoms with Crippen LogP contribution < -0.4 is 5.32 Å². The van der Waals surface area contributed by atoms with Gasteiger partial charge in [-0.3, -0.25) is 4.68 Å². The number of aromatic nitrogens is 2. The molecule has 1 N–H and O–H groups in total. The monoisotopic (exact) mass is 300 g/mol. The fourth-order valence-electron chi connectivity index (χ4n) is 2.28. The van der Waals surface area contributed by atoms with Crippen LogP contribution in [0.4, 0.5) is 0 Å². The van der Waals surface area contributed by atoms with Crippen LogP contribution in [0.5, 0.6) is 0 Å². The molecule has 0 saturated carbocycles. The van der Waals surface area contributed by atoms with E-state index < -0.39 is 0 Å². The van der Waals surface area contributed by atoms with Crippen LogP contribution in [0.25, 0.3) is 0 Å². The van der Waals surface area contributed by atoms with Crippen LogP contribution in [0, 0.1) is 0 Å². The molecule has 0 aliphatic heterocycles. The van der Waals surface area contributed by atoms with Crippen molar-refractivity contribution in [2.24, 2.45) is 0 Å². The quantitative estimate of drug-likeness (QED) is 0.799. The highest BCUT2D eigenvalue weighted by Gasteiger charge is 2.36. The Labute approximate surface area is 128 Å². The number of nitrogens with zero attached hydrogens (tertiary/aromatic N) is 3. The summed E-state index contributed by atoms with van der Waals surface area (Å²) in [6.45, 7) is 10.7. The highest BCUT2D eigenvalue weighted by molar-refractivity contribution is 6.31. The predicted octanol–water partition coefficient (Wildman–Crippen LogP) is 3.33. The fraction of sp³-hybridized carbons (Fsp3) is 0.800. The van der Waals surface area contributed by atoms with Crippen molar-refractivity contribution in [1.82, 2.24) is 20.0 Å². The Balaban J connectivity index is 3.20. The molecule has 1 aromatic rings. The SMILES string of the molecule is CCCNC(c1c(Cl)cnn1CCC)C(C)(C)N(C)C. The van der Waals surface area contributed by atoms with Crippen molar-refractivity contribution in [3.63, 3.8) is 0 Å². The largest absolute Gasteiger partial charge is 0.307 e. The molecule has 0 bridgehead atoms. The molecule has 0 aliphatic carbocycles. The van der Waals surface area contributed by atoms with Gasteiger partial charge in [0, 0.05) is 12.1 Å². The van der Waals surface area contributed by atoms with Gasteiger partial charge in [-0.25, -0.2) is 0 Å². The molecule has 0 spiro atoms. The van der Waals surface area contributed by atoms with Crippen molar-refractivity contribution in [2.75, 3.05) is 20.6 Å². The van der Waals surface area contributed by atoms with E-state index in [0.717, 1.165) is 36.6 Å². The highest BCUT2D eigenvalue weighted by Crippen LogP contribution is 2.33. The Hall–Kier alpha value is -0.580. The van der Waals surface area contributed by atoms with Gasteiger partial charge >= 0.3 is 0 Å². The van der Waals surface area contributed by atoms with E-state index in [4.69, 9.17) is 11.6 Å². The lowest BCUT2D eigenvalue weighted by atomic mass is 9.90. The van der Waals surface area contributed by atoms with Crippen LogP contribution in [0.15, 0.2) is 6.20 Å². The summed E-state index contributed by atoms with van der Waals surface area (Å²) in [5.41, 5.74) is 1.05. The molecule has 1 unspecified atom stereocenters. The minimum atomic E-state index is -0.0513. The molecule has 0 amide bonds. The van der Waals surface area contributed by atoms with Gasteiger partial charge in [-0.1, -0.05) is 25.4 Å². The summed E-state index contributed by atoms with van der Waals surface area (Å²) in [5.74, 6) is 0. The number of hydrogen-bond donors (Lipinski definition) is 1. The average Bonchev–Trinajstić information content (AvgIpc) is 2.72. The maximum Gasteiger partial charge on any atom is 0.0834 e. The number of nitrogens with one attached hydrogen (secondary N) is 1. The second kappa shape index (κ2) is 7.43. The van der Waals surface area contributed by atoms with E-state index in [1.54, 1.807) is 6.20 Å². The van der Waals surface area contributed by atoms with Crippen molar-refractivity contribution in [2.45, 2.75) is 58.7 Å². The molecule has 1 atom stereocenters. The molecular formula is C15H29ClN4. The van der Waals surface area contributed by atoms with Crippen molar-refractivity contribution in [1.29, 1.82) is 0 Å². The van der Waals surface area contributed by atoms with Crippen LogP contribution >= 0.6 is 11.6 Å². The van der Waals surface area contributed by atoms with E-state index in [2.05, 4.69) is 57.1 Å². The zero-order chi connectivity index (χ0) is 15.3. The first-order chi connectivity index (χ1) is 9.36. The molecule has 1 rings (SSSR count). The molecule has 5 heteroatoms. The Kier molecular flexibility index (Phi) is 6.49. The molecule has 116 valence electrons. The van der Waals surface area contributed by atoms with E-state index in [1.807, 2.05) is 4.68 Å². The van der Waals surface area contributed by atoms with Crippen LogP contribution in [-0.4, -0.2) is 40.9 Å². The molecule has 4 nitrogen and oxygen atoms in total. The van der Waals surface area contributed by atoms with Crippen LogP contribution in [0.3, 0.4) is 0 Å². The molecule has 1 aromatic heterocycles. The first-order valence-electron chi connectivity index (χ1n) is 7.48. The Bertz CT molecular complexity index is 412. The van der Waals surface area contributed by atoms with Gasteiger partial charge in [-0.2, -0.15) is 5.10 Å². The van der Waals surface area contributed by atoms with Crippen molar-refractivity contribution in [3.05, 3.63) is 16.9 Å². The van der Waals surface area contributed by atoms with Gasteiger partial charge in [0.2, 0.25) is 0 Å². The normalized spacial score (nSPS) is 14.0. The Morgan fingerprint density at radius 3 is 2.50 bits per heavy atom. The summed E-state index contributed by atoms with van der Waals surface area (Å²) in [5, 5.41) is 8.83. The predicted molar refractivity (Wildman–Crippen MR) is 86.3 cm³/mol. The van der Waals surface area contributed by atoms with Crippen molar-refractivity contribution in [3.8, 4) is 0 Å². The molecular weight excluding hydrogens is 272 g/mol. The number of hydrogen-bond acceptors (Lipinski definition) is 3. The smallest absolute Gasteiger partial charge is 0.0834 e. The number of halogens is 1. The summed E-state index contributed by atoms with van der Waals surface area (Å²) >= 11 is 6.42. The molecule has 20 heavy (non-hydrogen) atoms. The zero-order valence-corrected chi connectivity index (χ0v) is 14.5. The minimum Gasteiger partial charge on any atom is -0.307 e. The highest BCUT2D eigenvalue weighted by atomic mass is 35.5.